The van der Waals surface area contributed by atoms with E-state index >= 15 is 0 Å². The van der Waals surface area contributed by atoms with E-state index in [1.165, 1.54) is 18.2 Å². The Morgan fingerprint density at radius 3 is 2.46 bits per heavy atom. The van der Waals surface area contributed by atoms with Crippen molar-refractivity contribution in [3.63, 3.8) is 0 Å². The standard InChI is InChI=1S/C19H14N2O3/c1-2-11-24-18-9-3-14(4-10-18)12-15(13-20)19(23)21-16-5-7-17(22)8-6-16/h1,3-10,12,22H,11H2,(H,21,23). The van der Waals surface area contributed by atoms with Crippen LogP contribution in [0.2, 0.25) is 0 Å². The molecule has 5 heteroatoms. The van der Waals surface area contributed by atoms with Crippen LogP contribution in [-0.4, -0.2) is 17.6 Å². The van der Waals surface area contributed by atoms with E-state index in [9.17, 15) is 15.2 Å². The van der Waals surface area contributed by atoms with Gasteiger partial charge in [0.25, 0.3) is 5.91 Å². The van der Waals surface area contributed by atoms with Gasteiger partial charge in [-0.3, -0.25) is 4.79 Å². The molecule has 0 fully saturated rings. The number of carbonyl (C=O) groups is 1. The van der Waals surface area contributed by atoms with Crippen LogP contribution < -0.4 is 10.1 Å². The van der Waals surface area contributed by atoms with Crippen molar-refractivity contribution in [1.82, 2.24) is 0 Å². The highest BCUT2D eigenvalue weighted by atomic mass is 16.5. The van der Waals surface area contributed by atoms with Crippen molar-refractivity contribution < 1.29 is 14.6 Å². The third-order valence-corrected chi connectivity index (χ3v) is 3.00. The fourth-order valence-corrected chi connectivity index (χ4v) is 1.84. The average molecular weight is 318 g/mol. The first-order chi connectivity index (χ1) is 11.6. The number of amides is 1. The molecule has 0 radical (unpaired) electrons. The molecule has 2 rings (SSSR count). The molecule has 5 nitrogen and oxygen atoms in total. The predicted molar refractivity (Wildman–Crippen MR) is 91.1 cm³/mol. The Morgan fingerprint density at radius 1 is 1.21 bits per heavy atom. The van der Waals surface area contributed by atoms with Crippen LogP contribution in [0, 0.1) is 23.7 Å². The Labute approximate surface area is 139 Å². The molecule has 2 aromatic carbocycles. The SMILES string of the molecule is C#CCOc1ccc(C=C(C#N)C(=O)Nc2ccc(O)cc2)cc1. The van der Waals surface area contributed by atoms with Gasteiger partial charge in [0, 0.05) is 5.69 Å². The molecule has 0 saturated carbocycles. The number of hydrogen-bond acceptors (Lipinski definition) is 4. The van der Waals surface area contributed by atoms with Crippen LogP contribution in [0.1, 0.15) is 5.56 Å². The summed E-state index contributed by atoms with van der Waals surface area (Å²) in [4.78, 5) is 12.1. The van der Waals surface area contributed by atoms with Crippen LogP contribution in [0.15, 0.2) is 54.1 Å². The van der Waals surface area contributed by atoms with E-state index in [4.69, 9.17) is 11.2 Å². The first-order valence-corrected chi connectivity index (χ1v) is 7.01. The molecule has 118 valence electrons. The van der Waals surface area contributed by atoms with Gasteiger partial charge in [0.05, 0.1) is 0 Å². The van der Waals surface area contributed by atoms with Crippen LogP contribution in [0.4, 0.5) is 5.69 Å². The quantitative estimate of drug-likeness (QED) is 0.384. The summed E-state index contributed by atoms with van der Waals surface area (Å²) in [6, 6.07) is 14.7. The van der Waals surface area contributed by atoms with E-state index in [1.54, 1.807) is 36.4 Å². The Hall–Kier alpha value is -3.70. The number of phenols is 1. The molecule has 0 saturated heterocycles. The van der Waals surface area contributed by atoms with Gasteiger partial charge in [-0.25, -0.2) is 0 Å². The lowest BCUT2D eigenvalue weighted by Crippen LogP contribution is -2.13. The Morgan fingerprint density at radius 2 is 1.88 bits per heavy atom. The molecule has 0 bridgehead atoms. The highest BCUT2D eigenvalue weighted by Crippen LogP contribution is 2.17. The minimum Gasteiger partial charge on any atom is -0.508 e. The first kappa shape index (κ1) is 16.7. The average Bonchev–Trinajstić information content (AvgIpc) is 2.60. The van der Waals surface area contributed by atoms with Crippen LogP contribution in [0.5, 0.6) is 11.5 Å². The summed E-state index contributed by atoms with van der Waals surface area (Å²) in [5.74, 6) is 2.54. The van der Waals surface area contributed by atoms with Crippen molar-refractivity contribution in [3.05, 3.63) is 59.7 Å². The molecule has 0 atom stereocenters. The van der Waals surface area contributed by atoms with Crippen molar-refractivity contribution in [2.24, 2.45) is 0 Å². The van der Waals surface area contributed by atoms with Crippen molar-refractivity contribution in [2.75, 3.05) is 11.9 Å². The Kier molecular flexibility index (Phi) is 5.60. The van der Waals surface area contributed by atoms with Gasteiger partial charge in [0.2, 0.25) is 0 Å². The fourth-order valence-electron chi connectivity index (χ4n) is 1.84. The van der Waals surface area contributed by atoms with Gasteiger partial charge in [-0.2, -0.15) is 5.26 Å². The van der Waals surface area contributed by atoms with E-state index in [1.807, 2.05) is 6.07 Å². The van der Waals surface area contributed by atoms with Gasteiger partial charge in [-0.1, -0.05) is 18.1 Å². The Bertz CT molecular complexity index is 823. The molecule has 1 amide bonds. The number of ether oxygens (including phenoxy) is 1. The molecular formula is C19H14N2O3. The number of aromatic hydroxyl groups is 1. The smallest absolute Gasteiger partial charge is 0.266 e. The van der Waals surface area contributed by atoms with Gasteiger partial charge in [-0.05, 0) is 48.0 Å². The molecule has 2 aromatic rings. The van der Waals surface area contributed by atoms with E-state index < -0.39 is 5.91 Å². The molecule has 0 aliphatic carbocycles. The third kappa shape index (κ3) is 4.66. The number of phenolic OH excluding ortho intramolecular Hbond substituents is 1. The summed E-state index contributed by atoms with van der Waals surface area (Å²) in [6.45, 7) is 0.174. The predicted octanol–water partition coefficient (Wildman–Crippen LogP) is 2.95. The molecule has 24 heavy (non-hydrogen) atoms. The molecule has 2 N–H and O–H groups in total. The number of anilines is 1. The Balaban J connectivity index is 2.10. The topological polar surface area (TPSA) is 82.3 Å². The van der Waals surface area contributed by atoms with Crippen molar-refractivity contribution in [1.29, 1.82) is 5.26 Å². The molecule has 0 unspecified atom stereocenters. The largest absolute Gasteiger partial charge is 0.508 e. The molecule has 0 aromatic heterocycles. The lowest BCUT2D eigenvalue weighted by Gasteiger charge is -2.05. The summed E-state index contributed by atoms with van der Waals surface area (Å²) in [6.07, 6.45) is 6.59. The second-order valence-corrected chi connectivity index (χ2v) is 4.73. The minimum absolute atomic E-state index is 0.0413. The number of hydrogen-bond donors (Lipinski definition) is 2. The zero-order chi connectivity index (χ0) is 17.4. The van der Waals surface area contributed by atoms with Crippen LogP contribution in [0.3, 0.4) is 0 Å². The number of nitrogens with zero attached hydrogens (tertiary/aromatic N) is 1. The summed E-state index contributed by atoms with van der Waals surface area (Å²) in [5, 5.41) is 21.0. The van der Waals surface area contributed by atoms with E-state index in [0.29, 0.717) is 17.0 Å². The zero-order valence-electron chi connectivity index (χ0n) is 12.7. The zero-order valence-corrected chi connectivity index (χ0v) is 12.7. The molecule has 0 spiro atoms. The first-order valence-electron chi connectivity index (χ1n) is 7.01. The second kappa shape index (κ2) is 8.07. The van der Waals surface area contributed by atoms with Gasteiger partial charge < -0.3 is 15.2 Å². The maximum atomic E-state index is 12.1. The van der Waals surface area contributed by atoms with Crippen LogP contribution >= 0.6 is 0 Å². The van der Waals surface area contributed by atoms with Gasteiger partial charge in [0.1, 0.15) is 29.7 Å². The van der Waals surface area contributed by atoms with E-state index in [2.05, 4.69) is 11.2 Å². The number of terminal acetylenes is 1. The van der Waals surface area contributed by atoms with Gasteiger partial charge in [0.15, 0.2) is 0 Å². The number of nitrogens with one attached hydrogen (secondary N) is 1. The van der Waals surface area contributed by atoms with Gasteiger partial charge >= 0.3 is 0 Å². The van der Waals surface area contributed by atoms with E-state index in [-0.39, 0.29) is 17.9 Å². The van der Waals surface area contributed by atoms with Crippen molar-refractivity contribution in [2.45, 2.75) is 0 Å². The fraction of sp³-hybridized carbons (Fsp3) is 0.0526. The summed E-state index contributed by atoms with van der Waals surface area (Å²) < 4.78 is 5.26. The molecule has 0 aliphatic rings. The number of benzene rings is 2. The highest BCUT2D eigenvalue weighted by molar-refractivity contribution is 6.09. The molecular weight excluding hydrogens is 304 g/mol. The van der Waals surface area contributed by atoms with Crippen molar-refractivity contribution in [3.8, 4) is 29.9 Å². The monoisotopic (exact) mass is 318 g/mol. The van der Waals surface area contributed by atoms with Crippen molar-refractivity contribution >= 4 is 17.7 Å². The number of nitriles is 1. The lowest BCUT2D eigenvalue weighted by molar-refractivity contribution is -0.112. The molecule has 0 heterocycles. The second-order valence-electron chi connectivity index (χ2n) is 4.73. The summed E-state index contributed by atoms with van der Waals surface area (Å²) in [5.41, 5.74) is 1.12. The highest BCUT2D eigenvalue weighted by Gasteiger charge is 2.09. The molecule has 0 aliphatic heterocycles. The number of rotatable bonds is 5. The third-order valence-electron chi connectivity index (χ3n) is 3.00. The van der Waals surface area contributed by atoms with Crippen LogP contribution in [0.25, 0.3) is 6.08 Å². The lowest BCUT2D eigenvalue weighted by atomic mass is 10.1. The normalized spacial score (nSPS) is 10.3. The maximum absolute atomic E-state index is 12.1. The van der Waals surface area contributed by atoms with Gasteiger partial charge in [-0.15, -0.1) is 6.42 Å². The maximum Gasteiger partial charge on any atom is 0.266 e. The summed E-state index contributed by atoms with van der Waals surface area (Å²) in [7, 11) is 0. The summed E-state index contributed by atoms with van der Waals surface area (Å²) >= 11 is 0. The van der Waals surface area contributed by atoms with E-state index in [0.717, 1.165) is 0 Å². The number of carbonyl (C=O) groups excluding carboxylic acids is 1. The minimum atomic E-state index is -0.532. The van der Waals surface area contributed by atoms with Crippen LogP contribution in [-0.2, 0) is 4.79 Å².